The quantitative estimate of drug-likeness (QED) is 0.518. The molecule has 0 spiro atoms. The van der Waals surface area contributed by atoms with Crippen LogP contribution in [0, 0.1) is 6.92 Å². The molecule has 5 rings (SSSR count). The van der Waals surface area contributed by atoms with Crippen molar-refractivity contribution in [3.8, 4) is 0 Å². The summed E-state index contributed by atoms with van der Waals surface area (Å²) in [6.45, 7) is 3.79. The highest BCUT2D eigenvalue weighted by molar-refractivity contribution is 7.89. The molecule has 2 aromatic heterocycles. The molecule has 1 aliphatic heterocycles. The fraction of sp³-hybridized carbons (Fsp3) is 0.238. The molecule has 148 valence electrons. The number of piperazine rings is 1. The molecule has 8 heteroatoms. The topological polar surface area (TPSA) is 79.5 Å². The van der Waals surface area contributed by atoms with Gasteiger partial charge in [0.1, 0.15) is 17.4 Å². The van der Waals surface area contributed by atoms with Crippen LogP contribution in [-0.2, 0) is 10.0 Å². The van der Waals surface area contributed by atoms with E-state index in [1.165, 1.54) is 10.6 Å². The molecular weight excluding hydrogens is 388 g/mol. The molecule has 29 heavy (non-hydrogen) atoms. The predicted octanol–water partition coefficient (Wildman–Crippen LogP) is 3.20. The zero-order valence-electron chi connectivity index (χ0n) is 15.9. The number of hydrogen-bond acceptors (Lipinski definition) is 6. The van der Waals surface area contributed by atoms with E-state index in [4.69, 9.17) is 4.42 Å². The Kier molecular flexibility index (Phi) is 4.25. The van der Waals surface area contributed by atoms with Crippen LogP contribution in [0.5, 0.6) is 0 Å². The molecule has 0 saturated carbocycles. The lowest BCUT2D eigenvalue weighted by molar-refractivity contribution is 0.383. The summed E-state index contributed by atoms with van der Waals surface area (Å²) in [6.07, 6.45) is 1.54. The zero-order chi connectivity index (χ0) is 20.0. The Hall–Kier alpha value is -2.97. The number of hydrogen-bond donors (Lipinski definition) is 0. The van der Waals surface area contributed by atoms with Crippen LogP contribution in [0.3, 0.4) is 0 Å². The number of anilines is 1. The monoisotopic (exact) mass is 408 g/mol. The fourth-order valence-corrected chi connectivity index (χ4v) is 5.16. The van der Waals surface area contributed by atoms with Gasteiger partial charge in [0.15, 0.2) is 11.4 Å². The molecule has 0 amide bonds. The van der Waals surface area contributed by atoms with Gasteiger partial charge in [-0.15, -0.1) is 0 Å². The Morgan fingerprint density at radius 3 is 2.41 bits per heavy atom. The zero-order valence-corrected chi connectivity index (χ0v) is 16.8. The molecule has 0 N–H and O–H groups in total. The maximum atomic E-state index is 12.9. The number of nitrogens with zero attached hydrogens (tertiary/aromatic N) is 4. The number of benzene rings is 2. The maximum absolute atomic E-state index is 12.9. The standard InChI is InChI=1S/C21H20N4O3S/c1-15-6-8-16(9-7-15)29(26,27)25-12-10-24(11-13-25)21-20-19(22-14-23-21)17-4-2-3-5-18(17)28-20/h2-9,14H,10-13H2,1H3. The molecule has 0 aliphatic carbocycles. The van der Waals surface area contributed by atoms with E-state index in [1.54, 1.807) is 12.1 Å². The van der Waals surface area contributed by atoms with Gasteiger partial charge < -0.3 is 9.32 Å². The van der Waals surface area contributed by atoms with E-state index in [0.717, 1.165) is 22.0 Å². The number of para-hydroxylation sites is 1. The van der Waals surface area contributed by atoms with Gasteiger partial charge in [-0.1, -0.05) is 29.8 Å². The first-order valence-electron chi connectivity index (χ1n) is 9.48. The molecule has 0 atom stereocenters. The van der Waals surface area contributed by atoms with Crippen LogP contribution in [0.25, 0.3) is 22.1 Å². The van der Waals surface area contributed by atoms with E-state index in [1.807, 2.05) is 43.3 Å². The second-order valence-corrected chi connectivity index (χ2v) is 9.12. The van der Waals surface area contributed by atoms with Crippen molar-refractivity contribution in [1.29, 1.82) is 0 Å². The summed E-state index contributed by atoms with van der Waals surface area (Å²) >= 11 is 0. The Morgan fingerprint density at radius 1 is 0.931 bits per heavy atom. The number of rotatable bonds is 3. The normalized spacial score (nSPS) is 16.0. The molecule has 0 bridgehead atoms. The number of aryl methyl sites for hydroxylation is 1. The van der Waals surface area contributed by atoms with Crippen molar-refractivity contribution in [1.82, 2.24) is 14.3 Å². The first-order chi connectivity index (χ1) is 14.0. The highest BCUT2D eigenvalue weighted by Crippen LogP contribution is 2.32. The summed E-state index contributed by atoms with van der Waals surface area (Å²) in [4.78, 5) is 11.2. The molecule has 3 heterocycles. The lowest BCUT2D eigenvalue weighted by Crippen LogP contribution is -2.49. The first kappa shape index (κ1) is 18.1. The van der Waals surface area contributed by atoms with E-state index in [0.29, 0.717) is 42.5 Å². The third-order valence-corrected chi connectivity index (χ3v) is 7.25. The predicted molar refractivity (Wildman–Crippen MR) is 111 cm³/mol. The summed E-state index contributed by atoms with van der Waals surface area (Å²) in [5, 5.41) is 0.951. The highest BCUT2D eigenvalue weighted by atomic mass is 32.2. The fourth-order valence-electron chi connectivity index (χ4n) is 3.74. The van der Waals surface area contributed by atoms with Crippen molar-refractivity contribution in [2.24, 2.45) is 0 Å². The van der Waals surface area contributed by atoms with Crippen molar-refractivity contribution >= 4 is 37.9 Å². The van der Waals surface area contributed by atoms with Gasteiger partial charge in [-0.2, -0.15) is 4.31 Å². The van der Waals surface area contributed by atoms with Crippen LogP contribution in [0.4, 0.5) is 5.82 Å². The Bertz CT molecular complexity index is 1290. The summed E-state index contributed by atoms with van der Waals surface area (Å²) < 4.78 is 33.4. The number of furan rings is 1. The molecule has 7 nitrogen and oxygen atoms in total. The molecular formula is C21H20N4O3S. The number of sulfonamides is 1. The number of aromatic nitrogens is 2. The van der Waals surface area contributed by atoms with Gasteiger partial charge in [-0.05, 0) is 31.2 Å². The van der Waals surface area contributed by atoms with Gasteiger partial charge in [0, 0.05) is 31.6 Å². The molecule has 1 saturated heterocycles. The molecule has 0 unspecified atom stereocenters. The van der Waals surface area contributed by atoms with Gasteiger partial charge in [0.05, 0.1) is 4.90 Å². The van der Waals surface area contributed by atoms with Crippen LogP contribution in [0.15, 0.2) is 64.2 Å². The molecule has 1 aliphatic rings. The second-order valence-electron chi connectivity index (χ2n) is 7.18. The Labute approximate surface area is 168 Å². The van der Waals surface area contributed by atoms with Crippen molar-refractivity contribution < 1.29 is 12.8 Å². The van der Waals surface area contributed by atoms with Crippen molar-refractivity contribution in [2.75, 3.05) is 31.1 Å². The number of fused-ring (bicyclic) bond motifs is 3. The third-order valence-electron chi connectivity index (χ3n) is 5.34. The van der Waals surface area contributed by atoms with Crippen LogP contribution in [0.2, 0.25) is 0 Å². The van der Waals surface area contributed by atoms with Gasteiger partial charge in [0.25, 0.3) is 0 Å². The highest BCUT2D eigenvalue weighted by Gasteiger charge is 2.30. The lowest BCUT2D eigenvalue weighted by Gasteiger charge is -2.34. The maximum Gasteiger partial charge on any atom is 0.243 e. The first-order valence-corrected chi connectivity index (χ1v) is 10.9. The largest absolute Gasteiger partial charge is 0.450 e. The molecule has 0 radical (unpaired) electrons. The average Bonchev–Trinajstić information content (AvgIpc) is 3.13. The summed E-state index contributed by atoms with van der Waals surface area (Å²) in [6, 6.07) is 14.7. The van der Waals surface area contributed by atoms with E-state index in [2.05, 4.69) is 14.9 Å². The molecule has 4 aromatic rings. The summed E-state index contributed by atoms with van der Waals surface area (Å²) in [5.74, 6) is 0.707. The van der Waals surface area contributed by atoms with Crippen LogP contribution >= 0.6 is 0 Å². The molecule has 1 fully saturated rings. The molecule has 2 aromatic carbocycles. The van der Waals surface area contributed by atoms with Crippen LogP contribution < -0.4 is 4.90 Å². The SMILES string of the molecule is Cc1ccc(S(=O)(=O)N2CCN(c3ncnc4c3oc3ccccc34)CC2)cc1. The third kappa shape index (κ3) is 3.04. The van der Waals surface area contributed by atoms with Gasteiger partial charge in [-0.3, -0.25) is 0 Å². The minimum atomic E-state index is -3.50. The minimum absolute atomic E-state index is 0.332. The lowest BCUT2D eigenvalue weighted by atomic mass is 10.2. The van der Waals surface area contributed by atoms with E-state index in [-0.39, 0.29) is 0 Å². The van der Waals surface area contributed by atoms with E-state index >= 15 is 0 Å². The van der Waals surface area contributed by atoms with E-state index in [9.17, 15) is 8.42 Å². The average molecular weight is 408 g/mol. The van der Waals surface area contributed by atoms with Gasteiger partial charge in [0.2, 0.25) is 10.0 Å². The summed E-state index contributed by atoms with van der Waals surface area (Å²) in [5.41, 5.74) is 3.22. The van der Waals surface area contributed by atoms with E-state index < -0.39 is 10.0 Å². The second kappa shape index (κ2) is 6.82. The van der Waals surface area contributed by atoms with Crippen molar-refractivity contribution in [3.63, 3.8) is 0 Å². The van der Waals surface area contributed by atoms with Gasteiger partial charge >= 0.3 is 0 Å². The minimum Gasteiger partial charge on any atom is -0.450 e. The van der Waals surface area contributed by atoms with Gasteiger partial charge in [-0.25, -0.2) is 18.4 Å². The Morgan fingerprint density at radius 2 is 1.66 bits per heavy atom. The van der Waals surface area contributed by atoms with Crippen molar-refractivity contribution in [2.45, 2.75) is 11.8 Å². The van der Waals surface area contributed by atoms with Crippen LogP contribution in [-0.4, -0.2) is 48.9 Å². The van der Waals surface area contributed by atoms with Crippen molar-refractivity contribution in [3.05, 3.63) is 60.4 Å². The summed E-state index contributed by atoms with van der Waals surface area (Å²) in [7, 11) is -3.50. The smallest absolute Gasteiger partial charge is 0.243 e. The van der Waals surface area contributed by atoms with Crippen LogP contribution in [0.1, 0.15) is 5.56 Å². The Balaban J connectivity index is 1.41.